The first-order valence-electron chi connectivity index (χ1n) is 10.3. The zero-order chi connectivity index (χ0) is 21.5. The molecular weight excluding hydrogens is 463 g/mol. The maximum Gasteiger partial charge on any atom is 0.148 e. The third kappa shape index (κ3) is 6.51. The zero-order valence-electron chi connectivity index (χ0n) is 18.5. The van der Waals surface area contributed by atoms with E-state index in [9.17, 15) is 10.5 Å². The first-order valence-corrected chi connectivity index (χ1v) is 11.3. The highest BCUT2D eigenvalue weighted by molar-refractivity contribution is 7.98. The molecule has 1 aliphatic rings. The number of likely N-dealkylation sites (N-methyl/N-ethyl adjacent to an activating group) is 1. The van der Waals surface area contributed by atoms with E-state index < -0.39 is 0 Å². The average Bonchev–Trinajstić information content (AvgIpc) is 3.00. The molecule has 1 aliphatic heterocycles. The molecule has 0 unspecified atom stereocenters. The smallest absolute Gasteiger partial charge is 0.148 e. The van der Waals surface area contributed by atoms with E-state index in [2.05, 4.69) is 41.1 Å². The lowest BCUT2D eigenvalue weighted by Gasteiger charge is -2.25. The summed E-state index contributed by atoms with van der Waals surface area (Å²) in [5.74, 6) is 1.44. The fraction of sp³-hybridized carbons (Fsp3) is 0.435. The topological polar surface area (TPSA) is 93.0 Å². The van der Waals surface area contributed by atoms with Crippen LogP contribution in [0.15, 0.2) is 29.3 Å². The van der Waals surface area contributed by atoms with Crippen LogP contribution in [0.3, 0.4) is 0 Å². The normalized spacial score (nSPS) is 13.8. The Morgan fingerprint density at radius 1 is 1.00 bits per heavy atom. The number of halogens is 2. The van der Waals surface area contributed by atoms with Gasteiger partial charge in [0.25, 0.3) is 0 Å². The summed E-state index contributed by atoms with van der Waals surface area (Å²) in [7, 11) is 2.12. The maximum absolute atomic E-state index is 9.90. The molecule has 0 atom stereocenters. The van der Waals surface area contributed by atoms with Crippen LogP contribution in [-0.2, 0) is 18.7 Å². The molecule has 1 aromatic heterocycles. The Labute approximate surface area is 207 Å². The van der Waals surface area contributed by atoms with Crippen molar-refractivity contribution in [2.75, 3.05) is 38.1 Å². The number of aromatic nitrogens is 1. The predicted molar refractivity (Wildman–Crippen MR) is 136 cm³/mol. The number of pyridine rings is 1. The summed E-state index contributed by atoms with van der Waals surface area (Å²) in [6.07, 6.45) is 1.66. The fourth-order valence-corrected chi connectivity index (χ4v) is 4.66. The van der Waals surface area contributed by atoms with Crippen molar-refractivity contribution in [2.24, 2.45) is 5.73 Å². The number of anilines is 1. The van der Waals surface area contributed by atoms with Gasteiger partial charge in [0.15, 0.2) is 0 Å². The van der Waals surface area contributed by atoms with Crippen molar-refractivity contribution in [1.29, 1.82) is 10.5 Å². The van der Waals surface area contributed by atoms with Gasteiger partial charge in [-0.05, 0) is 43.1 Å². The van der Waals surface area contributed by atoms with Crippen LogP contribution in [0.4, 0.5) is 5.82 Å². The van der Waals surface area contributed by atoms with Crippen molar-refractivity contribution in [3.63, 3.8) is 0 Å². The molecule has 9 heteroatoms. The Kier molecular flexibility index (Phi) is 11.8. The Morgan fingerprint density at radius 2 is 1.66 bits per heavy atom. The van der Waals surface area contributed by atoms with Crippen molar-refractivity contribution in [2.45, 2.75) is 37.1 Å². The molecule has 1 saturated heterocycles. The molecule has 6 nitrogen and oxygen atoms in total. The molecular formula is C23H30Cl2N6S. The Morgan fingerprint density at radius 3 is 2.25 bits per heavy atom. The standard InChI is InChI=1S/C23H28N6S.2ClH/c1-3-19-20(14-25)22(29-10-4-9-28(2)11-12-29)27-23(21(19)15-26)30-16-18-7-5-17(13-24)6-8-18;;/h5-8H,3-4,9-13,16,24H2,1-2H3;2*1H. The summed E-state index contributed by atoms with van der Waals surface area (Å²) in [4.78, 5) is 9.38. The number of nitriles is 2. The number of benzene rings is 1. The van der Waals surface area contributed by atoms with E-state index in [-0.39, 0.29) is 24.8 Å². The van der Waals surface area contributed by atoms with Crippen LogP contribution >= 0.6 is 36.6 Å². The van der Waals surface area contributed by atoms with Crippen LogP contribution in [0.25, 0.3) is 0 Å². The van der Waals surface area contributed by atoms with Crippen LogP contribution in [0.2, 0.25) is 0 Å². The predicted octanol–water partition coefficient (Wildman–Crippen LogP) is 4.12. The van der Waals surface area contributed by atoms with Crippen molar-refractivity contribution < 1.29 is 0 Å². The van der Waals surface area contributed by atoms with Crippen LogP contribution in [0.1, 0.15) is 41.2 Å². The van der Waals surface area contributed by atoms with Crippen LogP contribution in [0.5, 0.6) is 0 Å². The fourth-order valence-electron chi connectivity index (χ4n) is 3.70. The molecule has 0 radical (unpaired) electrons. The molecule has 0 aliphatic carbocycles. The summed E-state index contributed by atoms with van der Waals surface area (Å²) < 4.78 is 0. The number of nitrogens with zero attached hydrogens (tertiary/aromatic N) is 5. The van der Waals surface area contributed by atoms with Gasteiger partial charge in [0.1, 0.15) is 23.0 Å². The third-order valence-corrected chi connectivity index (χ3v) is 6.53. The van der Waals surface area contributed by atoms with E-state index >= 15 is 0 Å². The minimum atomic E-state index is 0. The van der Waals surface area contributed by atoms with Gasteiger partial charge in [0, 0.05) is 31.9 Å². The second-order valence-corrected chi connectivity index (χ2v) is 8.46. The van der Waals surface area contributed by atoms with Gasteiger partial charge in [-0.3, -0.25) is 0 Å². The lowest BCUT2D eigenvalue weighted by molar-refractivity contribution is 0.360. The van der Waals surface area contributed by atoms with E-state index in [0.717, 1.165) is 55.1 Å². The van der Waals surface area contributed by atoms with E-state index in [0.29, 0.717) is 34.9 Å². The molecule has 0 bridgehead atoms. The highest BCUT2D eigenvalue weighted by Gasteiger charge is 2.24. The Bertz CT molecular complexity index is 968. The SMILES string of the molecule is CCc1c(C#N)c(SCc2ccc(CN)cc2)nc(N2CCCN(C)CC2)c1C#N.Cl.Cl. The number of rotatable bonds is 6. The van der Waals surface area contributed by atoms with E-state index in [4.69, 9.17) is 10.7 Å². The molecule has 0 saturated carbocycles. The highest BCUT2D eigenvalue weighted by atomic mass is 35.5. The molecule has 1 aromatic carbocycles. The number of hydrogen-bond donors (Lipinski definition) is 1. The first kappa shape index (κ1) is 28.0. The summed E-state index contributed by atoms with van der Waals surface area (Å²) in [5.41, 5.74) is 9.83. The Hall–Kier alpha value is -2.00. The summed E-state index contributed by atoms with van der Waals surface area (Å²) in [5, 5.41) is 20.5. The maximum atomic E-state index is 9.90. The molecule has 0 spiro atoms. The van der Waals surface area contributed by atoms with Gasteiger partial charge in [-0.2, -0.15) is 10.5 Å². The number of thioether (sulfide) groups is 1. The second-order valence-electron chi connectivity index (χ2n) is 7.50. The zero-order valence-corrected chi connectivity index (χ0v) is 21.0. The molecule has 0 amide bonds. The lowest BCUT2D eigenvalue weighted by Crippen LogP contribution is -2.30. The van der Waals surface area contributed by atoms with Gasteiger partial charge in [-0.1, -0.05) is 31.2 Å². The lowest BCUT2D eigenvalue weighted by atomic mass is 10.0. The Balaban J connectivity index is 0.00000256. The monoisotopic (exact) mass is 492 g/mol. The van der Waals surface area contributed by atoms with E-state index in [1.807, 2.05) is 19.1 Å². The minimum Gasteiger partial charge on any atom is -0.354 e. The minimum absolute atomic E-state index is 0. The first-order chi connectivity index (χ1) is 14.6. The van der Waals surface area contributed by atoms with Crippen molar-refractivity contribution in [3.05, 3.63) is 52.1 Å². The molecule has 2 heterocycles. The van der Waals surface area contributed by atoms with Gasteiger partial charge in [0.2, 0.25) is 0 Å². The van der Waals surface area contributed by atoms with Crippen LogP contribution in [0, 0.1) is 22.7 Å². The van der Waals surface area contributed by atoms with Gasteiger partial charge >= 0.3 is 0 Å². The molecule has 2 aromatic rings. The largest absolute Gasteiger partial charge is 0.354 e. The molecule has 32 heavy (non-hydrogen) atoms. The molecule has 2 N–H and O–H groups in total. The second kappa shape index (κ2) is 13.5. The van der Waals surface area contributed by atoms with E-state index in [1.54, 1.807) is 11.8 Å². The third-order valence-electron chi connectivity index (χ3n) is 5.48. The molecule has 1 fully saturated rings. The molecule has 172 valence electrons. The number of nitrogens with two attached hydrogens (primary N) is 1. The quantitative estimate of drug-likeness (QED) is 0.605. The van der Waals surface area contributed by atoms with Gasteiger partial charge < -0.3 is 15.5 Å². The summed E-state index contributed by atoms with van der Waals surface area (Å²) in [6, 6.07) is 12.9. The summed E-state index contributed by atoms with van der Waals surface area (Å²) >= 11 is 1.56. The van der Waals surface area contributed by atoms with Crippen molar-refractivity contribution in [1.82, 2.24) is 9.88 Å². The van der Waals surface area contributed by atoms with Crippen LogP contribution < -0.4 is 10.6 Å². The average molecular weight is 494 g/mol. The summed E-state index contributed by atoms with van der Waals surface area (Å²) in [6.45, 7) is 6.19. The van der Waals surface area contributed by atoms with Crippen molar-refractivity contribution >= 4 is 42.4 Å². The molecule has 3 rings (SSSR count). The van der Waals surface area contributed by atoms with E-state index in [1.165, 1.54) is 0 Å². The van der Waals surface area contributed by atoms with Gasteiger partial charge in [0.05, 0.1) is 11.1 Å². The number of hydrogen-bond acceptors (Lipinski definition) is 7. The van der Waals surface area contributed by atoms with Gasteiger partial charge in [-0.15, -0.1) is 36.6 Å². The van der Waals surface area contributed by atoms with Crippen LogP contribution in [-0.4, -0.2) is 43.1 Å². The highest BCUT2D eigenvalue weighted by Crippen LogP contribution is 2.33. The van der Waals surface area contributed by atoms with Gasteiger partial charge in [-0.25, -0.2) is 4.98 Å². The van der Waals surface area contributed by atoms with Crippen molar-refractivity contribution in [3.8, 4) is 12.1 Å².